The standard InChI is InChI=1S/C34H17O13.C34H17O12.CH2I2.2CO2.4K.H2O/c35-16-5-1-13(2-6-16)9-22-27(38)23(33(43)45-22)15-10-18-19(12-21(37)29-25(18)20(11-15)32(42)46-29)26-28(39)30(47-34(26)44)24(31(40)41)14-3-7-17(36)8-4-14;35-17-5-1-14(2-6-17)9-19-12-20(32(41)44-19)16-10-21-22(13-24(37)29-26(21)23(11-16)33(42)45-29)27-28(38)30(46-34(27)43)25(31(39)40)15-3-7-18(36)8-4-15;3*2-1-3;;;;;/h1-8,10-12,35-39H,(H,40,41);1-11,13,35-38H,(H,39,40);1H2;;;;;;;1H2/q2*-1;;;;4*+1;/p-3/b30-24+;19-9-,30-25+;;;;;;;;. The van der Waals surface area contributed by atoms with Gasteiger partial charge in [-0.1, -0.05) is 141 Å². The Labute approximate surface area is 795 Å². The topological polar surface area (TPSA) is 518 Å². The third-order valence-corrected chi connectivity index (χ3v) is 15.0. The number of carboxylic acids is 2. The van der Waals surface area contributed by atoms with Crippen LogP contribution in [0.4, 0.5) is 0 Å². The van der Waals surface area contributed by atoms with Crippen molar-refractivity contribution in [2.75, 3.05) is 2.43 Å². The number of aliphatic hydroxyl groups excluding tert-OH is 2. The van der Waals surface area contributed by atoms with Crippen molar-refractivity contribution >= 4 is 166 Å². The smallest absolute Gasteiger partial charge is 0.870 e. The summed E-state index contributed by atoms with van der Waals surface area (Å²) in [4.78, 5) is 135. The SMILES string of the molecule is ICI.O=C1O/C(=C\c2ccc(O)cc2)[C-]=C1c1cc2c3c(c(O)cc(C4=C([O-])/C(=C(\C(=O)O)c5ccc(O)cc5)OC4=O)c3c1)OC2=O.O=C1OC(=[C-]c2ccc(O)cc2)C(O)=C1c1cc2c3c(c(O)cc(C4=C(O)/C(=C(\C(=O)[O-])c5ccc(O)cc5)OC4=O)c3c1)OC2=O.O=C=O.O=C=O.[K+].[K+].[K+].[K+].[OH-]. The van der Waals surface area contributed by atoms with Crippen molar-refractivity contribution in [3.8, 4) is 46.0 Å². The summed E-state index contributed by atoms with van der Waals surface area (Å²) in [6.07, 6.45) is 7.53. The molecule has 0 amide bonds. The number of cyclic esters (lactones) is 4. The van der Waals surface area contributed by atoms with Gasteiger partial charge in [0.25, 0.3) is 5.97 Å². The zero-order valence-electron chi connectivity index (χ0n) is 54.9. The van der Waals surface area contributed by atoms with Crippen LogP contribution in [-0.4, -0.2) is 114 Å². The van der Waals surface area contributed by atoms with Crippen molar-refractivity contribution in [1.82, 2.24) is 0 Å². The third-order valence-electron chi connectivity index (χ3n) is 15.0. The largest absolute Gasteiger partial charge is 1.00 e. The Kier molecular flexibility index (Phi) is 33.0. The van der Waals surface area contributed by atoms with Crippen molar-refractivity contribution < 1.29 is 353 Å². The molecule has 518 valence electrons. The molecule has 0 saturated heterocycles. The Bertz CT molecular complexity index is 5400. The maximum atomic E-state index is 13.7. The Morgan fingerprint density at radius 3 is 1.37 bits per heavy atom. The van der Waals surface area contributed by atoms with Gasteiger partial charge in [-0.15, -0.1) is 17.7 Å². The molecule has 30 nitrogen and oxygen atoms in total. The van der Waals surface area contributed by atoms with Gasteiger partial charge < -0.3 is 99.7 Å². The molecule has 6 aliphatic heterocycles. The Morgan fingerprint density at radius 2 is 0.897 bits per heavy atom. The van der Waals surface area contributed by atoms with Gasteiger partial charge in [-0.2, -0.15) is 19.2 Å². The van der Waals surface area contributed by atoms with Crippen LogP contribution in [0, 0.1) is 12.2 Å². The van der Waals surface area contributed by atoms with Crippen LogP contribution in [0.5, 0.6) is 46.0 Å². The monoisotopic (exact) mass is 1780 g/mol. The van der Waals surface area contributed by atoms with Gasteiger partial charge in [0.15, 0.2) is 34.5 Å². The normalized spacial score (nSPS) is 15.4. The maximum Gasteiger partial charge on any atom is 1.00 e. The molecule has 0 radical (unpaired) electrons. The first-order valence-electron chi connectivity index (χ1n) is 28.2. The molecule has 8 aromatic carbocycles. The van der Waals surface area contributed by atoms with Gasteiger partial charge in [0.2, 0.25) is 0 Å². The van der Waals surface area contributed by atoms with E-state index in [9.17, 15) is 94.5 Å². The number of allylic oxidation sites excluding steroid dienone is 1. The molecule has 0 aromatic heterocycles. The van der Waals surface area contributed by atoms with E-state index < -0.39 is 116 Å². The fourth-order valence-electron chi connectivity index (χ4n) is 10.8. The molecular formula is C71H35I2K4O30-. The van der Waals surface area contributed by atoms with Crippen LogP contribution < -0.4 is 225 Å². The van der Waals surface area contributed by atoms with E-state index in [1.807, 2.05) is 0 Å². The number of phenols is 6. The summed E-state index contributed by atoms with van der Waals surface area (Å²) in [6, 6.07) is 28.3. The van der Waals surface area contributed by atoms with E-state index in [-0.39, 0.29) is 341 Å². The van der Waals surface area contributed by atoms with Crippen LogP contribution >= 0.6 is 45.2 Å². The zero-order valence-corrected chi connectivity index (χ0v) is 71.7. The number of esters is 6. The number of aromatic hydroxyl groups is 6. The van der Waals surface area contributed by atoms with Crippen LogP contribution in [0.1, 0.15) is 65.2 Å². The number of hydrogen-bond donors (Lipinski definition) is 9. The molecular weight excluding hydrogens is 1740 g/mol. The van der Waals surface area contributed by atoms with Crippen molar-refractivity contribution in [1.29, 1.82) is 0 Å². The number of aliphatic hydroxyl groups is 2. The minimum absolute atomic E-state index is 0. The zero-order chi connectivity index (χ0) is 73.9. The number of aliphatic carboxylic acids is 2. The number of ether oxygens (including phenoxy) is 6. The molecule has 6 aliphatic rings. The second-order valence-corrected chi connectivity index (χ2v) is 25.3. The number of carboxylic acid groups (broad SMARTS) is 2. The van der Waals surface area contributed by atoms with E-state index in [0.717, 1.165) is 24.3 Å². The average molecular weight is 1780 g/mol. The molecule has 0 aliphatic carbocycles. The fraction of sp³-hybridized carbons (Fsp3) is 0.0141. The van der Waals surface area contributed by atoms with Crippen LogP contribution in [0.15, 0.2) is 174 Å². The molecule has 0 atom stereocenters. The summed E-state index contributed by atoms with van der Waals surface area (Å²) < 4.78 is 32.6. The second kappa shape index (κ2) is 39.0. The molecule has 0 spiro atoms. The van der Waals surface area contributed by atoms with Gasteiger partial charge in [0.05, 0.1) is 53.5 Å². The molecule has 36 heteroatoms. The van der Waals surface area contributed by atoms with Gasteiger partial charge >= 0.3 is 254 Å². The Morgan fingerprint density at radius 1 is 0.486 bits per heavy atom. The molecule has 10 N–H and O–H groups in total. The van der Waals surface area contributed by atoms with Gasteiger partial charge in [-0.05, 0) is 99.4 Å². The molecule has 14 rings (SSSR count). The quantitative estimate of drug-likeness (QED) is 0.00904. The van der Waals surface area contributed by atoms with E-state index in [0.29, 0.717) is 11.1 Å². The number of alkyl halides is 2. The van der Waals surface area contributed by atoms with Gasteiger partial charge in [-0.3, -0.25) is 0 Å². The summed E-state index contributed by atoms with van der Waals surface area (Å²) >= 11 is 4.55. The number of carbonyl (C=O) groups is 8. The first kappa shape index (κ1) is 90.5. The maximum absolute atomic E-state index is 13.7. The van der Waals surface area contributed by atoms with Gasteiger partial charge in [0.1, 0.15) is 34.2 Å². The van der Waals surface area contributed by atoms with Crippen LogP contribution in [-0.2, 0) is 66.9 Å². The van der Waals surface area contributed by atoms with E-state index in [1.54, 1.807) is 12.1 Å². The number of benzene rings is 8. The molecule has 107 heavy (non-hydrogen) atoms. The van der Waals surface area contributed by atoms with Crippen molar-refractivity contribution in [2.24, 2.45) is 0 Å². The minimum Gasteiger partial charge on any atom is -0.870 e. The third kappa shape index (κ3) is 19.0. The molecule has 0 fully saturated rings. The fourth-order valence-corrected chi connectivity index (χ4v) is 10.8. The summed E-state index contributed by atoms with van der Waals surface area (Å²) in [5.74, 6) is -16.3. The van der Waals surface area contributed by atoms with Crippen molar-refractivity contribution in [3.05, 3.63) is 242 Å². The van der Waals surface area contributed by atoms with Crippen LogP contribution in [0.3, 0.4) is 0 Å². The van der Waals surface area contributed by atoms with Gasteiger partial charge in [0, 0.05) is 22.1 Å². The van der Waals surface area contributed by atoms with E-state index in [4.69, 9.17) is 47.6 Å². The van der Waals surface area contributed by atoms with E-state index >= 15 is 0 Å². The first-order chi connectivity index (χ1) is 48.7. The van der Waals surface area contributed by atoms with Crippen molar-refractivity contribution in [3.63, 3.8) is 0 Å². The van der Waals surface area contributed by atoms with E-state index in [2.05, 4.69) is 57.3 Å². The van der Waals surface area contributed by atoms with Crippen LogP contribution in [0.2, 0.25) is 0 Å². The minimum atomic E-state index is -1.83. The number of phenolic OH excluding ortho intramolecular Hbond substituents is 6. The van der Waals surface area contributed by atoms with Crippen LogP contribution in [0.25, 0.3) is 61.1 Å². The first-order valence-corrected chi connectivity index (χ1v) is 31.2. The van der Waals surface area contributed by atoms with E-state index in [1.165, 1.54) is 106 Å². The van der Waals surface area contributed by atoms with Crippen molar-refractivity contribution in [2.45, 2.75) is 0 Å². The molecule has 6 heterocycles. The number of carbonyl (C=O) groups excluding carboxylic acids is 11. The predicted molar refractivity (Wildman–Crippen MR) is 356 cm³/mol. The second-order valence-electron chi connectivity index (χ2n) is 20.9. The predicted octanol–water partition coefficient (Wildman–Crippen LogP) is -5.08. The Balaban J connectivity index is 0.000000332. The molecule has 0 unspecified atom stereocenters. The summed E-state index contributed by atoms with van der Waals surface area (Å²) in [5.41, 5.74) is -3.06. The summed E-state index contributed by atoms with van der Waals surface area (Å²) in [7, 11) is 0. The average Bonchev–Trinajstić information content (AvgIpc) is 1.60. The molecule has 8 aromatic rings. The number of rotatable bonds is 10. The van der Waals surface area contributed by atoms with Gasteiger partial charge in [-0.25, -0.2) is 28.8 Å². The number of hydrogen-bond acceptors (Lipinski definition) is 29. The summed E-state index contributed by atoms with van der Waals surface area (Å²) in [6.45, 7) is 0. The summed E-state index contributed by atoms with van der Waals surface area (Å²) in [5, 5.41) is 118. The number of halogens is 2. The molecule has 0 saturated carbocycles. The molecule has 0 bridgehead atoms. The Hall–Kier alpha value is -7.11.